The van der Waals surface area contributed by atoms with Crippen molar-refractivity contribution in [2.45, 2.75) is 18.6 Å². The van der Waals surface area contributed by atoms with Crippen molar-refractivity contribution >= 4 is 10.8 Å². The third-order valence-electron chi connectivity index (χ3n) is 4.15. The largest absolute Gasteiger partial charge is 0.488 e. The van der Waals surface area contributed by atoms with E-state index < -0.39 is 0 Å². The highest BCUT2D eigenvalue weighted by Crippen LogP contribution is 2.34. The van der Waals surface area contributed by atoms with Crippen LogP contribution in [0.25, 0.3) is 10.8 Å². The molecule has 21 heavy (non-hydrogen) atoms. The lowest BCUT2D eigenvalue weighted by Crippen LogP contribution is -2.30. The number of benzene rings is 2. The van der Waals surface area contributed by atoms with E-state index in [2.05, 4.69) is 23.2 Å². The van der Waals surface area contributed by atoms with Gasteiger partial charge in [-0.3, -0.25) is 4.98 Å². The van der Waals surface area contributed by atoms with Crippen molar-refractivity contribution in [3.63, 3.8) is 0 Å². The highest BCUT2D eigenvalue weighted by molar-refractivity contribution is 5.85. The summed E-state index contributed by atoms with van der Waals surface area (Å²) in [6, 6.07) is 16.2. The van der Waals surface area contributed by atoms with E-state index in [4.69, 9.17) is 10.5 Å². The number of fused-ring (bicyclic) bond motifs is 2. The minimum absolute atomic E-state index is 0.0128. The van der Waals surface area contributed by atoms with Gasteiger partial charge in [-0.2, -0.15) is 0 Å². The van der Waals surface area contributed by atoms with Crippen LogP contribution in [0.3, 0.4) is 0 Å². The van der Waals surface area contributed by atoms with Crippen molar-refractivity contribution in [2.75, 3.05) is 0 Å². The maximum absolute atomic E-state index is 6.50. The molecule has 0 aliphatic carbocycles. The molecule has 0 saturated heterocycles. The van der Waals surface area contributed by atoms with E-state index in [1.54, 1.807) is 0 Å². The van der Waals surface area contributed by atoms with Gasteiger partial charge in [-0.25, -0.2) is 0 Å². The zero-order chi connectivity index (χ0) is 14.2. The molecule has 4 rings (SSSR count). The highest BCUT2D eigenvalue weighted by atomic mass is 16.5. The average Bonchev–Trinajstić information content (AvgIpc) is 2.97. The van der Waals surface area contributed by atoms with Gasteiger partial charge in [0.05, 0.1) is 6.04 Å². The number of hydrogen-bond donors (Lipinski definition) is 1. The minimum atomic E-state index is -0.150. The standard InChI is InChI=1S/C18H16N2O/c19-18(17-10-12-4-1-2-7-16(12)21-17)15-6-3-5-13-11-20-9-8-14(13)15/h1-9,11,17-18H,10,19H2. The van der Waals surface area contributed by atoms with E-state index in [9.17, 15) is 0 Å². The predicted molar refractivity (Wildman–Crippen MR) is 83.2 cm³/mol. The van der Waals surface area contributed by atoms with Gasteiger partial charge in [0.25, 0.3) is 0 Å². The molecular weight excluding hydrogens is 260 g/mol. The van der Waals surface area contributed by atoms with Gasteiger partial charge < -0.3 is 10.5 Å². The second-order valence-electron chi connectivity index (χ2n) is 5.44. The SMILES string of the molecule is NC(c1cccc2cnccc12)C1Cc2ccccc2O1. The summed E-state index contributed by atoms with van der Waals surface area (Å²) < 4.78 is 6.03. The van der Waals surface area contributed by atoms with Crippen molar-refractivity contribution in [1.29, 1.82) is 0 Å². The molecule has 2 atom stereocenters. The van der Waals surface area contributed by atoms with Crippen LogP contribution in [0.15, 0.2) is 60.9 Å². The number of hydrogen-bond acceptors (Lipinski definition) is 3. The summed E-state index contributed by atoms with van der Waals surface area (Å²) in [4.78, 5) is 4.17. The molecule has 0 saturated carbocycles. The number of nitrogens with two attached hydrogens (primary N) is 1. The zero-order valence-corrected chi connectivity index (χ0v) is 11.6. The van der Waals surface area contributed by atoms with Crippen molar-refractivity contribution in [1.82, 2.24) is 4.98 Å². The van der Waals surface area contributed by atoms with E-state index in [0.29, 0.717) is 0 Å². The van der Waals surface area contributed by atoms with Crippen LogP contribution in [0.4, 0.5) is 0 Å². The Bertz CT molecular complexity index is 770. The van der Waals surface area contributed by atoms with Crippen molar-refractivity contribution in [3.05, 3.63) is 72.1 Å². The molecule has 2 heterocycles. The predicted octanol–water partition coefficient (Wildman–Crippen LogP) is 3.24. The summed E-state index contributed by atoms with van der Waals surface area (Å²) in [6.07, 6.45) is 4.53. The van der Waals surface area contributed by atoms with E-state index in [0.717, 1.165) is 28.5 Å². The molecule has 0 spiro atoms. The van der Waals surface area contributed by atoms with Crippen LogP contribution in [0.5, 0.6) is 5.75 Å². The molecule has 3 heteroatoms. The lowest BCUT2D eigenvalue weighted by atomic mass is 9.94. The summed E-state index contributed by atoms with van der Waals surface area (Å²) in [5, 5.41) is 2.26. The Hall–Kier alpha value is -2.39. The van der Waals surface area contributed by atoms with Gasteiger partial charge in [-0.15, -0.1) is 0 Å². The van der Waals surface area contributed by atoms with Gasteiger partial charge in [0.2, 0.25) is 0 Å². The second kappa shape index (κ2) is 4.86. The van der Waals surface area contributed by atoms with Gasteiger partial charge in [0, 0.05) is 24.2 Å². The molecule has 0 amide bonds. The number of pyridine rings is 1. The first-order valence-electron chi connectivity index (χ1n) is 7.16. The molecule has 1 aromatic heterocycles. The van der Waals surface area contributed by atoms with Crippen LogP contribution < -0.4 is 10.5 Å². The smallest absolute Gasteiger partial charge is 0.123 e. The lowest BCUT2D eigenvalue weighted by Gasteiger charge is -2.21. The van der Waals surface area contributed by atoms with Gasteiger partial charge in [-0.05, 0) is 28.6 Å². The number of para-hydroxylation sites is 1. The van der Waals surface area contributed by atoms with E-state index in [1.807, 2.05) is 42.7 Å². The first-order chi connectivity index (χ1) is 10.3. The molecule has 0 fully saturated rings. The second-order valence-corrected chi connectivity index (χ2v) is 5.44. The van der Waals surface area contributed by atoms with Gasteiger partial charge in [0.15, 0.2) is 0 Å². The monoisotopic (exact) mass is 276 g/mol. The minimum Gasteiger partial charge on any atom is -0.488 e. The molecular formula is C18H16N2O. The van der Waals surface area contributed by atoms with E-state index >= 15 is 0 Å². The molecule has 1 aliphatic heterocycles. The van der Waals surface area contributed by atoms with Crippen molar-refractivity contribution < 1.29 is 4.74 Å². The highest BCUT2D eigenvalue weighted by Gasteiger charge is 2.29. The van der Waals surface area contributed by atoms with E-state index in [-0.39, 0.29) is 12.1 Å². The van der Waals surface area contributed by atoms with Crippen LogP contribution in [0.2, 0.25) is 0 Å². The van der Waals surface area contributed by atoms with E-state index in [1.165, 1.54) is 5.56 Å². The Kier molecular flexibility index (Phi) is 2.86. The van der Waals surface area contributed by atoms with Crippen LogP contribution in [-0.4, -0.2) is 11.1 Å². The molecule has 3 nitrogen and oxygen atoms in total. The van der Waals surface area contributed by atoms with Gasteiger partial charge in [0.1, 0.15) is 11.9 Å². The number of ether oxygens (including phenoxy) is 1. The van der Waals surface area contributed by atoms with Gasteiger partial charge >= 0.3 is 0 Å². The number of nitrogens with zero attached hydrogens (tertiary/aromatic N) is 1. The summed E-state index contributed by atoms with van der Waals surface area (Å²) in [5.74, 6) is 0.958. The Balaban J connectivity index is 1.71. The fourth-order valence-corrected chi connectivity index (χ4v) is 3.05. The molecule has 0 bridgehead atoms. The molecule has 3 aromatic rings. The summed E-state index contributed by atoms with van der Waals surface area (Å²) in [6.45, 7) is 0. The fraction of sp³-hybridized carbons (Fsp3) is 0.167. The Morgan fingerprint density at radius 2 is 2.00 bits per heavy atom. The molecule has 0 radical (unpaired) electrons. The number of aromatic nitrogens is 1. The Morgan fingerprint density at radius 1 is 1.10 bits per heavy atom. The van der Waals surface area contributed by atoms with Gasteiger partial charge in [-0.1, -0.05) is 36.4 Å². The summed E-state index contributed by atoms with van der Waals surface area (Å²) in [5.41, 5.74) is 8.85. The quantitative estimate of drug-likeness (QED) is 0.781. The normalized spacial score (nSPS) is 18.2. The average molecular weight is 276 g/mol. The van der Waals surface area contributed by atoms with Crippen molar-refractivity contribution in [2.24, 2.45) is 5.73 Å². The van der Waals surface area contributed by atoms with Crippen LogP contribution >= 0.6 is 0 Å². The maximum Gasteiger partial charge on any atom is 0.123 e. The van der Waals surface area contributed by atoms with Crippen LogP contribution in [-0.2, 0) is 6.42 Å². The summed E-state index contributed by atoms with van der Waals surface area (Å²) >= 11 is 0. The molecule has 2 N–H and O–H groups in total. The molecule has 1 aliphatic rings. The maximum atomic E-state index is 6.50. The first kappa shape index (κ1) is 12.4. The Morgan fingerprint density at radius 3 is 2.90 bits per heavy atom. The zero-order valence-electron chi connectivity index (χ0n) is 11.6. The van der Waals surface area contributed by atoms with Crippen LogP contribution in [0, 0.1) is 0 Å². The molecule has 2 unspecified atom stereocenters. The third-order valence-corrected chi connectivity index (χ3v) is 4.15. The Labute approximate surface area is 123 Å². The molecule has 104 valence electrons. The van der Waals surface area contributed by atoms with Crippen molar-refractivity contribution in [3.8, 4) is 5.75 Å². The molecule has 2 aromatic carbocycles. The van der Waals surface area contributed by atoms with Crippen LogP contribution in [0.1, 0.15) is 17.2 Å². The first-order valence-corrected chi connectivity index (χ1v) is 7.16. The topological polar surface area (TPSA) is 48.1 Å². The lowest BCUT2D eigenvalue weighted by molar-refractivity contribution is 0.200. The number of rotatable bonds is 2. The third kappa shape index (κ3) is 2.06. The summed E-state index contributed by atoms with van der Waals surface area (Å²) in [7, 11) is 0. The fourth-order valence-electron chi connectivity index (χ4n) is 3.05.